The van der Waals surface area contributed by atoms with Crippen LogP contribution in [0.2, 0.25) is 0 Å². The monoisotopic (exact) mass is 272 g/mol. The lowest BCUT2D eigenvalue weighted by Gasteiger charge is -2.06. The third kappa shape index (κ3) is 2.90. The van der Waals surface area contributed by atoms with E-state index in [9.17, 15) is 4.79 Å². The van der Waals surface area contributed by atoms with Gasteiger partial charge in [0.25, 0.3) is 0 Å². The number of carbonyl (C=O) groups is 1. The molecule has 0 radical (unpaired) electrons. The minimum atomic E-state index is -0.188. The van der Waals surface area contributed by atoms with Crippen molar-refractivity contribution >= 4 is 5.97 Å². The lowest BCUT2D eigenvalue weighted by atomic mass is 10.1. The molecule has 1 heterocycles. The molecule has 0 aliphatic heterocycles. The van der Waals surface area contributed by atoms with Crippen molar-refractivity contribution in [2.75, 3.05) is 7.11 Å². The third-order valence-corrected chi connectivity index (χ3v) is 3.49. The van der Waals surface area contributed by atoms with Crippen molar-refractivity contribution in [2.24, 2.45) is 0 Å². The molecule has 2 rings (SSSR count). The number of aryl methyl sites for hydroxylation is 2. The molecule has 0 unspecified atom stereocenters. The van der Waals surface area contributed by atoms with Gasteiger partial charge in [-0.2, -0.15) is 5.10 Å². The smallest absolute Gasteiger partial charge is 0.305 e. The van der Waals surface area contributed by atoms with E-state index in [4.69, 9.17) is 4.74 Å². The number of hydrogen-bond acceptors (Lipinski definition) is 3. The SMILES string of the molecule is COC(=O)CCc1c(C)nn(-c2cccc(C)c2)c1C. The first kappa shape index (κ1) is 14.3. The molecule has 0 spiro atoms. The zero-order valence-corrected chi connectivity index (χ0v) is 12.4. The van der Waals surface area contributed by atoms with Crippen LogP contribution in [0.4, 0.5) is 0 Å². The predicted octanol–water partition coefficient (Wildman–Crippen LogP) is 2.90. The molecule has 1 aromatic carbocycles. The summed E-state index contributed by atoms with van der Waals surface area (Å²) in [4.78, 5) is 11.3. The summed E-state index contributed by atoms with van der Waals surface area (Å²) in [5, 5.41) is 4.59. The Morgan fingerprint density at radius 2 is 2.05 bits per heavy atom. The normalized spacial score (nSPS) is 10.6. The third-order valence-electron chi connectivity index (χ3n) is 3.49. The molecule has 0 fully saturated rings. The molecule has 0 saturated heterocycles. The fourth-order valence-corrected chi connectivity index (χ4v) is 2.38. The second-order valence-electron chi connectivity index (χ2n) is 4.98. The summed E-state index contributed by atoms with van der Waals surface area (Å²) in [6.07, 6.45) is 1.05. The van der Waals surface area contributed by atoms with Crippen molar-refractivity contribution in [3.63, 3.8) is 0 Å². The predicted molar refractivity (Wildman–Crippen MR) is 78.1 cm³/mol. The van der Waals surface area contributed by atoms with E-state index in [1.54, 1.807) is 0 Å². The largest absolute Gasteiger partial charge is 0.469 e. The standard InChI is InChI=1S/C16H20N2O2/c1-11-6-5-7-14(10-11)18-13(3)15(12(2)17-18)8-9-16(19)20-4/h5-7,10H,8-9H2,1-4H3. The summed E-state index contributed by atoms with van der Waals surface area (Å²) in [5.41, 5.74) is 5.42. The molecular weight excluding hydrogens is 252 g/mol. The van der Waals surface area contributed by atoms with Crippen LogP contribution in [-0.2, 0) is 16.0 Å². The Bertz CT molecular complexity index is 629. The van der Waals surface area contributed by atoms with Gasteiger partial charge in [-0.1, -0.05) is 12.1 Å². The number of carbonyl (C=O) groups excluding carboxylic acids is 1. The van der Waals surface area contributed by atoms with Crippen molar-refractivity contribution in [1.29, 1.82) is 0 Å². The van der Waals surface area contributed by atoms with Gasteiger partial charge in [-0.25, -0.2) is 4.68 Å². The molecule has 0 bridgehead atoms. The van der Waals surface area contributed by atoms with Crippen molar-refractivity contribution in [3.8, 4) is 5.69 Å². The van der Waals surface area contributed by atoms with Crippen LogP contribution >= 0.6 is 0 Å². The average molecular weight is 272 g/mol. The van der Waals surface area contributed by atoms with E-state index in [2.05, 4.69) is 24.2 Å². The molecule has 0 aliphatic carbocycles. The van der Waals surface area contributed by atoms with Gasteiger partial charge in [-0.15, -0.1) is 0 Å². The summed E-state index contributed by atoms with van der Waals surface area (Å²) in [6, 6.07) is 8.22. The van der Waals surface area contributed by atoms with E-state index in [1.807, 2.05) is 30.7 Å². The van der Waals surface area contributed by atoms with E-state index < -0.39 is 0 Å². The molecule has 0 amide bonds. The van der Waals surface area contributed by atoms with Crippen LogP contribution in [0.3, 0.4) is 0 Å². The second-order valence-corrected chi connectivity index (χ2v) is 4.98. The fraction of sp³-hybridized carbons (Fsp3) is 0.375. The molecule has 1 aromatic heterocycles. The van der Waals surface area contributed by atoms with E-state index in [0.717, 1.165) is 22.6 Å². The first-order valence-corrected chi connectivity index (χ1v) is 6.72. The van der Waals surface area contributed by atoms with Gasteiger partial charge in [0.15, 0.2) is 0 Å². The number of benzene rings is 1. The van der Waals surface area contributed by atoms with Gasteiger partial charge >= 0.3 is 5.97 Å². The summed E-state index contributed by atoms with van der Waals surface area (Å²) in [6.45, 7) is 6.08. The van der Waals surface area contributed by atoms with Gasteiger partial charge in [-0.05, 0) is 50.5 Å². The van der Waals surface area contributed by atoms with Crippen LogP contribution < -0.4 is 0 Å². The lowest BCUT2D eigenvalue weighted by molar-refractivity contribution is -0.140. The summed E-state index contributed by atoms with van der Waals surface area (Å²) >= 11 is 0. The highest BCUT2D eigenvalue weighted by molar-refractivity contribution is 5.69. The van der Waals surface area contributed by atoms with Crippen LogP contribution in [0.15, 0.2) is 24.3 Å². The Morgan fingerprint density at radius 3 is 2.70 bits per heavy atom. The van der Waals surface area contributed by atoms with Crippen LogP contribution in [0.25, 0.3) is 5.69 Å². The number of rotatable bonds is 4. The van der Waals surface area contributed by atoms with E-state index >= 15 is 0 Å². The number of nitrogens with zero attached hydrogens (tertiary/aromatic N) is 2. The molecular formula is C16H20N2O2. The molecule has 0 N–H and O–H groups in total. The number of hydrogen-bond donors (Lipinski definition) is 0. The second kappa shape index (κ2) is 5.90. The maximum Gasteiger partial charge on any atom is 0.305 e. The maximum atomic E-state index is 11.3. The van der Waals surface area contributed by atoms with E-state index in [-0.39, 0.29) is 5.97 Å². The topological polar surface area (TPSA) is 44.1 Å². The number of ether oxygens (including phenoxy) is 1. The minimum absolute atomic E-state index is 0.188. The number of aromatic nitrogens is 2. The van der Waals surface area contributed by atoms with Crippen LogP contribution in [0.5, 0.6) is 0 Å². The van der Waals surface area contributed by atoms with Gasteiger partial charge in [0.2, 0.25) is 0 Å². The van der Waals surface area contributed by atoms with Crippen LogP contribution in [0.1, 0.15) is 28.9 Å². The molecule has 2 aromatic rings. The first-order chi connectivity index (χ1) is 9.52. The summed E-state index contributed by atoms with van der Waals surface area (Å²) in [5.74, 6) is -0.188. The zero-order valence-electron chi connectivity index (χ0n) is 12.4. The van der Waals surface area contributed by atoms with Gasteiger partial charge in [0, 0.05) is 12.1 Å². The van der Waals surface area contributed by atoms with Crippen LogP contribution in [-0.4, -0.2) is 22.9 Å². The van der Waals surface area contributed by atoms with Gasteiger partial charge in [-0.3, -0.25) is 4.79 Å². The molecule has 4 heteroatoms. The Hall–Kier alpha value is -2.10. The molecule has 0 atom stereocenters. The first-order valence-electron chi connectivity index (χ1n) is 6.72. The molecule has 20 heavy (non-hydrogen) atoms. The van der Waals surface area contributed by atoms with Gasteiger partial charge < -0.3 is 4.74 Å². The van der Waals surface area contributed by atoms with Crippen molar-refractivity contribution in [1.82, 2.24) is 9.78 Å². The van der Waals surface area contributed by atoms with Gasteiger partial charge in [0.05, 0.1) is 18.5 Å². The highest BCUT2D eigenvalue weighted by Crippen LogP contribution is 2.20. The van der Waals surface area contributed by atoms with Crippen molar-refractivity contribution in [2.45, 2.75) is 33.6 Å². The lowest BCUT2D eigenvalue weighted by Crippen LogP contribution is -2.03. The molecule has 0 aliphatic rings. The highest BCUT2D eigenvalue weighted by atomic mass is 16.5. The number of methoxy groups -OCH3 is 1. The Morgan fingerprint density at radius 1 is 1.30 bits per heavy atom. The average Bonchev–Trinajstić information content (AvgIpc) is 2.71. The number of esters is 1. The molecule has 4 nitrogen and oxygen atoms in total. The summed E-state index contributed by atoms with van der Waals surface area (Å²) < 4.78 is 6.63. The zero-order chi connectivity index (χ0) is 14.7. The van der Waals surface area contributed by atoms with Crippen molar-refractivity contribution in [3.05, 3.63) is 46.8 Å². The summed E-state index contributed by atoms with van der Waals surface area (Å²) in [7, 11) is 1.41. The Kier molecular flexibility index (Phi) is 4.23. The highest BCUT2D eigenvalue weighted by Gasteiger charge is 2.14. The van der Waals surface area contributed by atoms with E-state index in [0.29, 0.717) is 12.8 Å². The Labute approximate surface area is 119 Å². The molecule has 106 valence electrons. The van der Waals surface area contributed by atoms with Gasteiger partial charge in [0.1, 0.15) is 0 Å². The van der Waals surface area contributed by atoms with Crippen molar-refractivity contribution < 1.29 is 9.53 Å². The minimum Gasteiger partial charge on any atom is -0.469 e. The maximum absolute atomic E-state index is 11.3. The molecule has 0 saturated carbocycles. The quantitative estimate of drug-likeness (QED) is 0.804. The Balaban J connectivity index is 2.31. The van der Waals surface area contributed by atoms with E-state index in [1.165, 1.54) is 12.7 Å². The fourth-order valence-electron chi connectivity index (χ4n) is 2.38. The van der Waals surface area contributed by atoms with Crippen LogP contribution in [0, 0.1) is 20.8 Å².